The van der Waals surface area contributed by atoms with Crippen LogP contribution in [-0.2, 0) is 9.59 Å². The van der Waals surface area contributed by atoms with Crippen LogP contribution in [0.1, 0.15) is 18.4 Å². The molecule has 0 spiro atoms. The maximum Gasteiger partial charge on any atom is 0.313 e. The van der Waals surface area contributed by atoms with E-state index < -0.39 is 11.8 Å². The van der Waals surface area contributed by atoms with Gasteiger partial charge in [-0.05, 0) is 86.3 Å². The molecule has 0 aliphatic carbocycles. The molecule has 1 aromatic carbocycles. The van der Waals surface area contributed by atoms with Gasteiger partial charge in [-0.3, -0.25) is 9.59 Å². The van der Waals surface area contributed by atoms with Gasteiger partial charge in [-0.15, -0.1) is 0 Å². The number of nitrogens with one attached hydrogen (secondary N) is 1. The first-order valence-corrected chi connectivity index (χ1v) is 8.49. The number of carbonyl (C=O) groups excluding carboxylic acids is 2. The molecule has 0 bridgehead atoms. The molecular weight excluding hydrogens is 393 g/mol. The molecule has 22 heavy (non-hydrogen) atoms. The predicted octanol–water partition coefficient (Wildman–Crippen LogP) is 2.09. The fourth-order valence-corrected chi connectivity index (χ4v) is 3.30. The van der Waals surface area contributed by atoms with Crippen LogP contribution < -0.4 is 5.32 Å². The van der Waals surface area contributed by atoms with E-state index in [1.165, 1.54) is 0 Å². The van der Waals surface area contributed by atoms with Gasteiger partial charge in [-0.25, -0.2) is 0 Å². The number of piperidine rings is 1. The van der Waals surface area contributed by atoms with E-state index in [1.807, 2.05) is 25.1 Å². The average Bonchev–Trinajstić information content (AvgIpc) is 2.49. The van der Waals surface area contributed by atoms with Crippen LogP contribution in [0.2, 0.25) is 0 Å². The molecule has 1 heterocycles. The molecule has 1 N–H and O–H groups in total. The molecule has 2 amide bonds. The van der Waals surface area contributed by atoms with Crippen LogP contribution in [0.15, 0.2) is 18.2 Å². The number of nitrogens with zero attached hydrogens (tertiary/aromatic N) is 2. The summed E-state index contributed by atoms with van der Waals surface area (Å²) in [7, 11) is 3.79. The number of rotatable bonds is 2. The van der Waals surface area contributed by atoms with E-state index in [2.05, 4.69) is 39.9 Å². The van der Waals surface area contributed by atoms with Crippen molar-refractivity contribution in [2.45, 2.75) is 25.8 Å². The smallest absolute Gasteiger partial charge is 0.313 e. The van der Waals surface area contributed by atoms with Crippen LogP contribution in [0.3, 0.4) is 0 Å². The average molecular weight is 415 g/mol. The molecule has 2 rings (SSSR count). The minimum Gasteiger partial charge on any atom is -0.334 e. The van der Waals surface area contributed by atoms with Gasteiger partial charge in [0.25, 0.3) is 0 Å². The zero-order valence-corrected chi connectivity index (χ0v) is 15.4. The van der Waals surface area contributed by atoms with E-state index in [1.54, 1.807) is 11.9 Å². The van der Waals surface area contributed by atoms with Gasteiger partial charge in [0.05, 0.1) is 0 Å². The summed E-state index contributed by atoms with van der Waals surface area (Å²) < 4.78 is 1.10. The van der Waals surface area contributed by atoms with Gasteiger partial charge in [-0.1, -0.05) is 0 Å². The summed E-state index contributed by atoms with van der Waals surface area (Å²) in [5, 5.41) is 2.72. The van der Waals surface area contributed by atoms with Crippen molar-refractivity contribution in [1.82, 2.24) is 9.80 Å². The van der Waals surface area contributed by atoms with Crippen molar-refractivity contribution in [2.24, 2.45) is 0 Å². The van der Waals surface area contributed by atoms with E-state index in [0.717, 1.165) is 35.1 Å². The van der Waals surface area contributed by atoms with Crippen LogP contribution in [0, 0.1) is 10.5 Å². The Balaban J connectivity index is 1.98. The van der Waals surface area contributed by atoms with Gasteiger partial charge in [0, 0.05) is 22.3 Å². The summed E-state index contributed by atoms with van der Waals surface area (Å²) in [4.78, 5) is 28.3. The third-order valence-electron chi connectivity index (χ3n) is 4.19. The highest BCUT2D eigenvalue weighted by atomic mass is 127. The van der Waals surface area contributed by atoms with Gasteiger partial charge in [0.2, 0.25) is 0 Å². The quantitative estimate of drug-likeness (QED) is 0.595. The molecule has 0 saturated carbocycles. The number of amides is 2. The predicted molar refractivity (Wildman–Crippen MR) is 95.8 cm³/mol. The van der Waals surface area contributed by atoms with Crippen LogP contribution in [0.25, 0.3) is 0 Å². The van der Waals surface area contributed by atoms with E-state index in [9.17, 15) is 9.59 Å². The molecule has 0 atom stereocenters. The third-order valence-corrected chi connectivity index (χ3v) is 4.86. The number of aryl methyl sites for hydroxylation is 1. The van der Waals surface area contributed by atoms with Crippen molar-refractivity contribution >= 4 is 40.1 Å². The van der Waals surface area contributed by atoms with Gasteiger partial charge in [-0.2, -0.15) is 0 Å². The van der Waals surface area contributed by atoms with Gasteiger partial charge >= 0.3 is 11.8 Å². The lowest BCUT2D eigenvalue weighted by Gasteiger charge is -2.34. The third kappa shape index (κ3) is 4.19. The van der Waals surface area contributed by atoms with Crippen molar-refractivity contribution < 1.29 is 9.59 Å². The topological polar surface area (TPSA) is 52.7 Å². The zero-order chi connectivity index (χ0) is 16.3. The Kier molecular flexibility index (Phi) is 5.80. The van der Waals surface area contributed by atoms with Crippen molar-refractivity contribution in [3.63, 3.8) is 0 Å². The molecule has 0 unspecified atom stereocenters. The highest BCUT2D eigenvalue weighted by Gasteiger charge is 2.28. The minimum absolute atomic E-state index is 0.146. The second-order valence-corrected chi connectivity index (χ2v) is 7.11. The number of hydrogen-bond donors (Lipinski definition) is 1. The zero-order valence-electron chi connectivity index (χ0n) is 13.2. The fourth-order valence-electron chi connectivity index (χ4n) is 2.65. The molecule has 1 fully saturated rings. The van der Waals surface area contributed by atoms with E-state index in [4.69, 9.17) is 0 Å². The monoisotopic (exact) mass is 415 g/mol. The summed E-state index contributed by atoms with van der Waals surface area (Å²) in [6.07, 6.45) is 1.82. The first kappa shape index (κ1) is 17.2. The fraction of sp³-hybridized carbons (Fsp3) is 0.500. The SMILES string of the molecule is Cc1cc(I)ccc1NC(=O)C(=O)N(C)C1CCN(C)CC1. The highest BCUT2D eigenvalue weighted by molar-refractivity contribution is 14.1. The molecule has 0 aromatic heterocycles. The molecule has 6 heteroatoms. The van der Waals surface area contributed by atoms with Crippen LogP contribution in [-0.4, -0.2) is 54.8 Å². The Labute approximate surface area is 145 Å². The van der Waals surface area contributed by atoms with Crippen molar-refractivity contribution in [1.29, 1.82) is 0 Å². The lowest BCUT2D eigenvalue weighted by molar-refractivity contribution is -0.144. The molecule has 120 valence electrons. The maximum absolute atomic E-state index is 12.3. The number of likely N-dealkylation sites (N-methyl/N-ethyl adjacent to an activating group) is 1. The summed E-state index contributed by atoms with van der Waals surface area (Å²) in [5.41, 5.74) is 1.64. The van der Waals surface area contributed by atoms with Gasteiger partial charge in [0.1, 0.15) is 0 Å². The number of hydrogen-bond acceptors (Lipinski definition) is 3. The van der Waals surface area contributed by atoms with Gasteiger partial charge < -0.3 is 15.1 Å². The van der Waals surface area contributed by atoms with Crippen LogP contribution in [0.4, 0.5) is 5.69 Å². The Morgan fingerprint density at radius 1 is 1.32 bits per heavy atom. The Morgan fingerprint density at radius 2 is 1.95 bits per heavy atom. The van der Waals surface area contributed by atoms with Crippen LogP contribution >= 0.6 is 22.6 Å². The Morgan fingerprint density at radius 3 is 2.55 bits per heavy atom. The molecule has 1 saturated heterocycles. The number of anilines is 1. The second-order valence-electron chi connectivity index (χ2n) is 5.86. The molecule has 1 aliphatic rings. The standard InChI is InChI=1S/C16H22IN3O2/c1-11-10-12(17)4-5-14(11)18-15(21)16(22)20(3)13-6-8-19(2)9-7-13/h4-5,10,13H,6-9H2,1-3H3,(H,18,21). The molecule has 1 aromatic rings. The summed E-state index contributed by atoms with van der Waals surface area (Å²) in [5.74, 6) is -1.03. The number of carbonyl (C=O) groups is 2. The normalized spacial score (nSPS) is 16.4. The number of likely N-dealkylation sites (tertiary alicyclic amines) is 1. The Bertz CT molecular complexity index is 569. The maximum atomic E-state index is 12.3. The minimum atomic E-state index is -0.564. The summed E-state index contributed by atoms with van der Waals surface area (Å²) in [6.45, 7) is 3.84. The van der Waals surface area contributed by atoms with E-state index in [-0.39, 0.29) is 6.04 Å². The van der Waals surface area contributed by atoms with Crippen molar-refractivity contribution in [3.05, 3.63) is 27.3 Å². The summed E-state index contributed by atoms with van der Waals surface area (Å²) in [6, 6.07) is 5.86. The molecular formula is C16H22IN3O2. The van der Waals surface area contributed by atoms with Crippen LogP contribution in [0.5, 0.6) is 0 Å². The number of benzene rings is 1. The number of halogens is 1. The van der Waals surface area contributed by atoms with E-state index >= 15 is 0 Å². The van der Waals surface area contributed by atoms with Crippen molar-refractivity contribution in [2.75, 3.05) is 32.5 Å². The lowest BCUT2D eigenvalue weighted by atomic mass is 10.0. The second kappa shape index (κ2) is 7.41. The first-order valence-electron chi connectivity index (χ1n) is 7.41. The molecule has 1 aliphatic heterocycles. The largest absolute Gasteiger partial charge is 0.334 e. The Hall–Kier alpha value is -1.15. The molecule has 0 radical (unpaired) electrons. The highest BCUT2D eigenvalue weighted by Crippen LogP contribution is 2.18. The lowest BCUT2D eigenvalue weighted by Crippen LogP contribution is -2.47. The van der Waals surface area contributed by atoms with Gasteiger partial charge in [0.15, 0.2) is 0 Å². The molecule has 5 nitrogen and oxygen atoms in total. The summed E-state index contributed by atoms with van der Waals surface area (Å²) >= 11 is 2.22. The van der Waals surface area contributed by atoms with E-state index in [0.29, 0.717) is 5.69 Å². The first-order chi connectivity index (χ1) is 10.4. The van der Waals surface area contributed by atoms with Crippen molar-refractivity contribution in [3.8, 4) is 0 Å².